The highest BCUT2D eigenvalue weighted by Gasteiger charge is 2.36. The SMILES string of the molecule is Fc1ccc(Br)c(F)c1CC1(CNC2CC2)CCCOC1. The summed E-state index contributed by atoms with van der Waals surface area (Å²) in [7, 11) is 0. The summed E-state index contributed by atoms with van der Waals surface area (Å²) in [5.74, 6) is -0.946. The largest absolute Gasteiger partial charge is 0.381 e. The third kappa shape index (κ3) is 3.63. The zero-order valence-corrected chi connectivity index (χ0v) is 13.5. The number of halogens is 3. The molecule has 1 heterocycles. The van der Waals surface area contributed by atoms with Crippen molar-refractivity contribution in [3.05, 3.63) is 33.8 Å². The highest BCUT2D eigenvalue weighted by molar-refractivity contribution is 9.10. The van der Waals surface area contributed by atoms with Gasteiger partial charge in [0.15, 0.2) is 0 Å². The maximum atomic E-state index is 14.3. The minimum atomic E-state index is -0.480. The van der Waals surface area contributed by atoms with Gasteiger partial charge in [-0.25, -0.2) is 8.78 Å². The first-order chi connectivity index (χ1) is 10.1. The Morgan fingerprint density at radius 2 is 2.14 bits per heavy atom. The molecule has 21 heavy (non-hydrogen) atoms. The smallest absolute Gasteiger partial charge is 0.143 e. The third-order valence-electron chi connectivity index (χ3n) is 4.44. The summed E-state index contributed by atoms with van der Waals surface area (Å²) in [6.45, 7) is 2.08. The van der Waals surface area contributed by atoms with Crippen LogP contribution in [0, 0.1) is 17.0 Å². The molecule has 1 aliphatic carbocycles. The van der Waals surface area contributed by atoms with Crippen LogP contribution in [0.1, 0.15) is 31.2 Å². The van der Waals surface area contributed by atoms with E-state index in [9.17, 15) is 8.78 Å². The maximum Gasteiger partial charge on any atom is 0.143 e. The van der Waals surface area contributed by atoms with Gasteiger partial charge in [-0.2, -0.15) is 0 Å². The standard InChI is InChI=1S/C16H20BrF2NO/c17-13-4-5-14(18)12(15(13)19)8-16(6-1-7-21-10-16)9-20-11-2-3-11/h4-5,11,20H,1-3,6-10H2. The monoisotopic (exact) mass is 359 g/mol. The molecule has 0 spiro atoms. The lowest BCUT2D eigenvalue weighted by Gasteiger charge is -2.37. The molecule has 3 rings (SSSR count). The molecule has 0 radical (unpaired) electrons. The number of rotatable bonds is 5. The van der Waals surface area contributed by atoms with Crippen LogP contribution in [-0.2, 0) is 11.2 Å². The number of benzene rings is 1. The first-order valence-corrected chi connectivity index (χ1v) is 8.32. The van der Waals surface area contributed by atoms with E-state index >= 15 is 0 Å². The van der Waals surface area contributed by atoms with Gasteiger partial charge in [0.2, 0.25) is 0 Å². The van der Waals surface area contributed by atoms with E-state index in [0.717, 1.165) is 26.0 Å². The lowest BCUT2D eigenvalue weighted by molar-refractivity contribution is -0.00815. The number of ether oxygens (including phenoxy) is 1. The lowest BCUT2D eigenvalue weighted by atomic mass is 9.77. The predicted molar refractivity (Wildman–Crippen MR) is 81.3 cm³/mol. The van der Waals surface area contributed by atoms with E-state index in [4.69, 9.17) is 4.74 Å². The first-order valence-electron chi connectivity index (χ1n) is 7.53. The van der Waals surface area contributed by atoms with Crippen molar-refractivity contribution in [2.45, 2.75) is 38.1 Å². The van der Waals surface area contributed by atoms with Gasteiger partial charge in [-0.05, 0) is 60.2 Å². The molecule has 1 aromatic rings. The second-order valence-electron chi connectivity index (χ2n) is 6.31. The van der Waals surface area contributed by atoms with Crippen molar-refractivity contribution >= 4 is 15.9 Å². The molecule has 0 amide bonds. The van der Waals surface area contributed by atoms with Gasteiger partial charge in [0, 0.05) is 30.2 Å². The van der Waals surface area contributed by atoms with Crippen molar-refractivity contribution in [3.8, 4) is 0 Å². The Balaban J connectivity index is 1.81. The summed E-state index contributed by atoms with van der Waals surface area (Å²) in [5, 5.41) is 3.50. The van der Waals surface area contributed by atoms with Crippen LogP contribution in [0.15, 0.2) is 16.6 Å². The molecule has 1 aliphatic heterocycles. The summed E-state index contributed by atoms with van der Waals surface area (Å²) in [6.07, 6.45) is 4.68. The fourth-order valence-corrected chi connectivity index (χ4v) is 3.38. The van der Waals surface area contributed by atoms with E-state index in [-0.39, 0.29) is 11.0 Å². The van der Waals surface area contributed by atoms with Gasteiger partial charge in [-0.15, -0.1) is 0 Å². The van der Waals surface area contributed by atoms with Crippen LogP contribution in [0.3, 0.4) is 0 Å². The molecule has 5 heteroatoms. The Bertz CT molecular complexity index is 513. The summed E-state index contributed by atoms with van der Waals surface area (Å²) in [4.78, 5) is 0. The second-order valence-corrected chi connectivity index (χ2v) is 7.16. The highest BCUT2D eigenvalue weighted by Crippen LogP contribution is 2.36. The van der Waals surface area contributed by atoms with Crippen LogP contribution in [0.4, 0.5) is 8.78 Å². The summed E-state index contributed by atoms with van der Waals surface area (Å²) >= 11 is 3.15. The molecule has 2 aliphatic rings. The van der Waals surface area contributed by atoms with Crippen LogP contribution >= 0.6 is 15.9 Å². The molecule has 1 atom stereocenters. The number of nitrogens with one attached hydrogen (secondary N) is 1. The van der Waals surface area contributed by atoms with Crippen LogP contribution in [0.2, 0.25) is 0 Å². The highest BCUT2D eigenvalue weighted by atomic mass is 79.9. The summed E-state index contributed by atoms with van der Waals surface area (Å²) in [5.41, 5.74) is -0.0315. The van der Waals surface area contributed by atoms with E-state index in [1.54, 1.807) is 0 Å². The molecule has 0 aromatic heterocycles. The van der Waals surface area contributed by atoms with E-state index in [1.807, 2.05) is 0 Å². The van der Waals surface area contributed by atoms with E-state index in [2.05, 4.69) is 21.2 Å². The van der Waals surface area contributed by atoms with Gasteiger partial charge in [-0.3, -0.25) is 0 Å². The molecule has 1 saturated heterocycles. The van der Waals surface area contributed by atoms with Gasteiger partial charge < -0.3 is 10.1 Å². The lowest BCUT2D eigenvalue weighted by Crippen LogP contribution is -2.43. The first kappa shape index (κ1) is 15.4. The van der Waals surface area contributed by atoms with Crippen molar-refractivity contribution in [1.82, 2.24) is 5.32 Å². The topological polar surface area (TPSA) is 21.3 Å². The van der Waals surface area contributed by atoms with E-state index in [0.29, 0.717) is 23.5 Å². The van der Waals surface area contributed by atoms with Crippen LogP contribution in [-0.4, -0.2) is 25.8 Å². The Morgan fingerprint density at radius 3 is 2.81 bits per heavy atom. The minimum absolute atomic E-state index is 0.174. The second kappa shape index (κ2) is 6.31. The van der Waals surface area contributed by atoms with Crippen molar-refractivity contribution in [1.29, 1.82) is 0 Å². The molecular weight excluding hydrogens is 340 g/mol. The number of hydrogen-bond donors (Lipinski definition) is 1. The van der Waals surface area contributed by atoms with Crippen LogP contribution < -0.4 is 5.32 Å². The Hall–Kier alpha value is -0.520. The van der Waals surface area contributed by atoms with Crippen molar-refractivity contribution < 1.29 is 13.5 Å². The van der Waals surface area contributed by atoms with Crippen LogP contribution in [0.5, 0.6) is 0 Å². The fourth-order valence-electron chi connectivity index (χ4n) is 3.01. The normalized spacial score (nSPS) is 26.0. The van der Waals surface area contributed by atoms with Gasteiger partial charge in [0.1, 0.15) is 11.6 Å². The average Bonchev–Trinajstić information content (AvgIpc) is 3.31. The molecule has 2 fully saturated rings. The molecular formula is C16H20BrF2NO. The van der Waals surface area contributed by atoms with Crippen molar-refractivity contribution in [3.63, 3.8) is 0 Å². The van der Waals surface area contributed by atoms with E-state index < -0.39 is 11.6 Å². The zero-order chi connectivity index (χ0) is 14.9. The van der Waals surface area contributed by atoms with Crippen molar-refractivity contribution in [2.24, 2.45) is 5.41 Å². The molecule has 116 valence electrons. The average molecular weight is 360 g/mol. The molecule has 1 aromatic carbocycles. The Labute approximate surface area is 132 Å². The quantitative estimate of drug-likeness (QED) is 0.807. The zero-order valence-electron chi connectivity index (χ0n) is 11.9. The maximum absolute atomic E-state index is 14.3. The molecule has 2 nitrogen and oxygen atoms in total. The summed E-state index contributed by atoms with van der Waals surface area (Å²) in [6, 6.07) is 3.33. The third-order valence-corrected chi connectivity index (χ3v) is 5.05. The molecule has 1 unspecified atom stereocenters. The molecule has 1 saturated carbocycles. The molecule has 1 N–H and O–H groups in total. The van der Waals surface area contributed by atoms with E-state index in [1.165, 1.54) is 25.0 Å². The summed E-state index contributed by atoms with van der Waals surface area (Å²) < 4.78 is 34.2. The van der Waals surface area contributed by atoms with Crippen LogP contribution in [0.25, 0.3) is 0 Å². The number of hydrogen-bond acceptors (Lipinski definition) is 2. The van der Waals surface area contributed by atoms with Gasteiger partial charge in [0.25, 0.3) is 0 Å². The Kier molecular flexibility index (Phi) is 4.62. The van der Waals surface area contributed by atoms with Crippen molar-refractivity contribution in [2.75, 3.05) is 19.8 Å². The minimum Gasteiger partial charge on any atom is -0.381 e. The van der Waals surface area contributed by atoms with Gasteiger partial charge >= 0.3 is 0 Å². The molecule has 0 bridgehead atoms. The predicted octanol–water partition coefficient (Wildman–Crippen LogP) is 3.82. The van der Waals surface area contributed by atoms with Gasteiger partial charge in [-0.1, -0.05) is 0 Å². The van der Waals surface area contributed by atoms with Gasteiger partial charge in [0.05, 0.1) is 11.1 Å². The fraction of sp³-hybridized carbons (Fsp3) is 0.625. The Morgan fingerprint density at radius 1 is 1.33 bits per heavy atom.